The first-order valence-electron chi connectivity index (χ1n) is 4.59. The van der Waals surface area contributed by atoms with Gasteiger partial charge in [-0.3, -0.25) is 0 Å². The van der Waals surface area contributed by atoms with Gasteiger partial charge in [0, 0.05) is 4.47 Å². The van der Waals surface area contributed by atoms with Crippen LogP contribution in [0.4, 0.5) is 8.78 Å². The minimum atomic E-state index is -4.30. The average Bonchev–Trinajstić information content (AvgIpc) is 2.30. The number of aliphatic carboxylic acids is 1. The van der Waals surface area contributed by atoms with E-state index in [1.807, 2.05) is 0 Å². The summed E-state index contributed by atoms with van der Waals surface area (Å²) in [5, 5.41) is 19.6. The number of alkyl halides is 2. The highest BCUT2D eigenvalue weighted by atomic mass is 79.9. The van der Waals surface area contributed by atoms with Crippen LogP contribution in [0.1, 0.15) is 10.4 Å². The van der Waals surface area contributed by atoms with Crippen molar-refractivity contribution in [3.63, 3.8) is 0 Å². The van der Waals surface area contributed by atoms with Gasteiger partial charge in [-0.1, -0.05) is 15.9 Å². The van der Waals surface area contributed by atoms with E-state index in [9.17, 15) is 28.6 Å². The van der Waals surface area contributed by atoms with Crippen LogP contribution < -0.4 is 5.11 Å². The van der Waals surface area contributed by atoms with Gasteiger partial charge in [0.15, 0.2) is 6.61 Å². The Balaban J connectivity index is 2.88. The van der Waals surface area contributed by atoms with E-state index in [0.717, 1.165) is 6.07 Å². The highest BCUT2D eigenvalue weighted by molar-refractivity contribution is 9.11. The van der Waals surface area contributed by atoms with Crippen molar-refractivity contribution in [2.75, 3.05) is 6.61 Å². The van der Waals surface area contributed by atoms with E-state index in [1.165, 1.54) is 6.07 Å². The molecule has 104 valence electrons. The molecular weight excluding hydrogens is 398 g/mol. The predicted octanol–water partition coefficient (Wildman–Crippen LogP) is 1.46. The zero-order valence-corrected chi connectivity index (χ0v) is 12.1. The Morgan fingerprint density at radius 2 is 1.95 bits per heavy atom. The Labute approximate surface area is 122 Å². The SMILES string of the molecule is O=C(OCC(F)(F)C(=O)[O-])c1cc(Br)cc(Br)c1O. The molecule has 9 heteroatoms. The van der Waals surface area contributed by atoms with Crippen molar-refractivity contribution < 1.29 is 33.3 Å². The van der Waals surface area contributed by atoms with Crippen LogP contribution in [-0.4, -0.2) is 29.6 Å². The van der Waals surface area contributed by atoms with Crippen LogP contribution >= 0.6 is 31.9 Å². The van der Waals surface area contributed by atoms with Crippen molar-refractivity contribution in [2.45, 2.75) is 5.92 Å². The lowest BCUT2D eigenvalue weighted by atomic mass is 10.2. The first-order valence-corrected chi connectivity index (χ1v) is 6.18. The number of halogens is 4. The lowest BCUT2D eigenvalue weighted by molar-refractivity contribution is -0.331. The standard InChI is InChI=1S/C10H6Br2F2O5/c11-4-1-5(7(15)6(12)2-4)8(16)19-3-10(13,14)9(17)18/h1-2,15H,3H2,(H,17,18)/p-1. The monoisotopic (exact) mass is 401 g/mol. The molecule has 1 aromatic carbocycles. The van der Waals surface area contributed by atoms with Gasteiger partial charge < -0.3 is 19.7 Å². The Hall–Kier alpha value is -1.22. The third-order valence-corrected chi connectivity index (χ3v) is 2.99. The van der Waals surface area contributed by atoms with E-state index in [2.05, 4.69) is 36.6 Å². The Morgan fingerprint density at radius 3 is 2.47 bits per heavy atom. The molecule has 0 spiro atoms. The zero-order chi connectivity index (χ0) is 14.8. The summed E-state index contributed by atoms with van der Waals surface area (Å²) in [7, 11) is 0. The molecule has 0 heterocycles. The fourth-order valence-electron chi connectivity index (χ4n) is 1.01. The molecule has 0 bridgehead atoms. The number of ether oxygens (including phenoxy) is 1. The molecule has 0 saturated carbocycles. The maximum absolute atomic E-state index is 12.7. The number of rotatable bonds is 4. The molecule has 0 amide bonds. The number of phenols is 1. The van der Waals surface area contributed by atoms with Gasteiger partial charge in [0.25, 0.3) is 0 Å². The molecule has 1 rings (SSSR count). The van der Waals surface area contributed by atoms with Crippen LogP contribution in [0, 0.1) is 0 Å². The third-order valence-electron chi connectivity index (χ3n) is 1.93. The quantitative estimate of drug-likeness (QED) is 0.770. The van der Waals surface area contributed by atoms with E-state index in [1.54, 1.807) is 0 Å². The van der Waals surface area contributed by atoms with Crippen molar-refractivity contribution >= 4 is 43.8 Å². The summed E-state index contributed by atoms with van der Waals surface area (Å²) in [6.07, 6.45) is 0. The molecule has 0 aliphatic heterocycles. The maximum atomic E-state index is 12.7. The van der Waals surface area contributed by atoms with Crippen molar-refractivity contribution in [1.82, 2.24) is 0 Å². The Morgan fingerprint density at radius 1 is 1.37 bits per heavy atom. The van der Waals surface area contributed by atoms with Gasteiger partial charge in [-0.05, 0) is 28.1 Å². The molecule has 0 aliphatic carbocycles. The molecule has 1 aromatic rings. The Bertz CT molecular complexity index is 533. The summed E-state index contributed by atoms with van der Waals surface area (Å²) >= 11 is 5.97. The fraction of sp³-hybridized carbons (Fsp3) is 0.200. The number of carbonyl (C=O) groups excluding carboxylic acids is 2. The molecule has 19 heavy (non-hydrogen) atoms. The summed E-state index contributed by atoms with van der Waals surface area (Å²) in [4.78, 5) is 21.5. The second-order valence-electron chi connectivity index (χ2n) is 3.35. The van der Waals surface area contributed by atoms with E-state index >= 15 is 0 Å². The summed E-state index contributed by atoms with van der Waals surface area (Å²) in [6, 6.07) is 2.56. The first kappa shape index (κ1) is 15.8. The molecule has 0 saturated heterocycles. The number of phenolic OH excluding ortho intramolecular Hbond substituents is 1. The van der Waals surface area contributed by atoms with Crippen LogP contribution in [0.3, 0.4) is 0 Å². The highest BCUT2D eigenvalue weighted by Gasteiger charge is 2.33. The molecule has 5 nitrogen and oxygen atoms in total. The summed E-state index contributed by atoms with van der Waals surface area (Å²) < 4.78 is 30.0. The summed E-state index contributed by atoms with van der Waals surface area (Å²) in [6.45, 7) is -1.68. The normalized spacial score (nSPS) is 11.2. The fourth-order valence-corrected chi connectivity index (χ4v) is 2.24. The molecule has 0 radical (unpaired) electrons. The summed E-state index contributed by atoms with van der Waals surface area (Å²) in [5.41, 5.74) is -0.393. The summed E-state index contributed by atoms with van der Waals surface area (Å²) in [5.74, 6) is -8.75. The van der Waals surface area contributed by atoms with Gasteiger partial charge in [0.2, 0.25) is 0 Å². The number of benzene rings is 1. The predicted molar refractivity (Wildman–Crippen MR) is 63.7 cm³/mol. The molecule has 0 aliphatic rings. The van der Waals surface area contributed by atoms with Gasteiger partial charge in [-0.15, -0.1) is 0 Å². The van der Waals surface area contributed by atoms with Crippen LogP contribution in [0.25, 0.3) is 0 Å². The van der Waals surface area contributed by atoms with E-state index in [4.69, 9.17) is 0 Å². The second-order valence-corrected chi connectivity index (χ2v) is 5.12. The van der Waals surface area contributed by atoms with Crippen LogP contribution in [0.15, 0.2) is 21.1 Å². The number of esters is 1. The number of hydrogen-bond donors (Lipinski definition) is 1. The van der Waals surface area contributed by atoms with Gasteiger partial charge in [0.1, 0.15) is 17.3 Å². The first-order chi connectivity index (χ1) is 8.65. The minimum Gasteiger partial charge on any atom is -0.544 e. The third kappa shape index (κ3) is 3.87. The smallest absolute Gasteiger partial charge is 0.342 e. The van der Waals surface area contributed by atoms with Crippen molar-refractivity contribution in [3.8, 4) is 5.75 Å². The maximum Gasteiger partial charge on any atom is 0.342 e. The average molecular weight is 403 g/mol. The van der Waals surface area contributed by atoms with Gasteiger partial charge in [-0.25, -0.2) is 4.79 Å². The minimum absolute atomic E-state index is 0.139. The van der Waals surface area contributed by atoms with Gasteiger partial charge >= 0.3 is 11.9 Å². The molecule has 0 aromatic heterocycles. The van der Waals surface area contributed by atoms with Crippen LogP contribution in [-0.2, 0) is 9.53 Å². The molecular formula is C10H5Br2F2O5-. The molecule has 0 fully saturated rings. The zero-order valence-electron chi connectivity index (χ0n) is 8.95. The van der Waals surface area contributed by atoms with Gasteiger partial charge in [0.05, 0.1) is 4.47 Å². The number of carboxylic acid groups (broad SMARTS) is 1. The molecule has 0 atom stereocenters. The topological polar surface area (TPSA) is 86.7 Å². The van der Waals surface area contributed by atoms with Gasteiger partial charge in [-0.2, -0.15) is 8.78 Å². The van der Waals surface area contributed by atoms with Crippen LogP contribution in [0.5, 0.6) is 5.75 Å². The lowest BCUT2D eigenvalue weighted by Crippen LogP contribution is -2.45. The number of carboxylic acids is 1. The largest absolute Gasteiger partial charge is 0.544 e. The van der Waals surface area contributed by atoms with E-state index in [-0.39, 0.29) is 4.47 Å². The van der Waals surface area contributed by atoms with E-state index < -0.39 is 35.8 Å². The van der Waals surface area contributed by atoms with E-state index in [0.29, 0.717) is 4.47 Å². The molecule has 0 unspecified atom stereocenters. The number of aromatic hydroxyl groups is 1. The van der Waals surface area contributed by atoms with Crippen molar-refractivity contribution in [3.05, 3.63) is 26.6 Å². The van der Waals surface area contributed by atoms with Crippen LogP contribution in [0.2, 0.25) is 0 Å². The highest BCUT2D eigenvalue weighted by Crippen LogP contribution is 2.32. The number of carbonyl (C=O) groups is 2. The number of hydrogen-bond acceptors (Lipinski definition) is 5. The lowest BCUT2D eigenvalue weighted by Gasteiger charge is -2.17. The molecule has 1 N–H and O–H groups in total. The Kier molecular flexibility index (Phi) is 4.86. The van der Waals surface area contributed by atoms with Crippen molar-refractivity contribution in [2.24, 2.45) is 0 Å². The second kappa shape index (κ2) is 5.83. The van der Waals surface area contributed by atoms with Crippen molar-refractivity contribution in [1.29, 1.82) is 0 Å².